The van der Waals surface area contributed by atoms with E-state index in [1.165, 1.54) is 28.5 Å². The van der Waals surface area contributed by atoms with Crippen molar-refractivity contribution in [2.75, 3.05) is 0 Å². The molecule has 0 saturated carbocycles. The molecule has 2 nitrogen and oxygen atoms in total. The Morgan fingerprint density at radius 3 is 2.24 bits per heavy atom. The number of aliphatic carboxylic acids is 1. The van der Waals surface area contributed by atoms with Gasteiger partial charge in [-0.05, 0) is 36.5 Å². The Balaban J connectivity index is 2.75. The van der Waals surface area contributed by atoms with Crippen molar-refractivity contribution in [1.82, 2.24) is 0 Å². The molecule has 0 amide bonds. The first-order chi connectivity index (χ1) is 7.93. The summed E-state index contributed by atoms with van der Waals surface area (Å²) in [5.41, 5.74) is 3.75. The van der Waals surface area contributed by atoms with Crippen LogP contribution in [0.15, 0.2) is 18.2 Å². The van der Waals surface area contributed by atoms with E-state index in [-0.39, 0.29) is 11.2 Å². The van der Waals surface area contributed by atoms with Crippen molar-refractivity contribution < 1.29 is 9.90 Å². The van der Waals surface area contributed by atoms with Crippen LogP contribution in [0.25, 0.3) is 0 Å². The Morgan fingerprint density at radius 1 is 1.29 bits per heavy atom. The van der Waals surface area contributed by atoms with Crippen molar-refractivity contribution in [3.63, 3.8) is 0 Å². The number of carboxylic acids is 1. The molecule has 0 fully saturated rings. The van der Waals surface area contributed by atoms with Crippen LogP contribution in [0, 0.1) is 19.8 Å². The Bertz CT molecular complexity index is 379. The molecule has 0 heterocycles. The summed E-state index contributed by atoms with van der Waals surface area (Å²) in [5, 5.41) is 8.81. The van der Waals surface area contributed by atoms with Gasteiger partial charge in [-0.2, -0.15) is 0 Å². The average Bonchev–Trinajstić information content (AvgIpc) is 2.21. The van der Waals surface area contributed by atoms with Crippen molar-refractivity contribution in [1.29, 1.82) is 0 Å². The van der Waals surface area contributed by atoms with Gasteiger partial charge in [0.15, 0.2) is 0 Å². The SMILES string of the molecule is Cc1cccc(C)c1CSC(C(=O)O)C(C)C. The average molecular weight is 252 g/mol. The number of rotatable bonds is 5. The number of aryl methyl sites for hydroxylation is 2. The van der Waals surface area contributed by atoms with Crippen LogP contribution in [0.4, 0.5) is 0 Å². The van der Waals surface area contributed by atoms with E-state index in [4.69, 9.17) is 5.11 Å². The van der Waals surface area contributed by atoms with Gasteiger partial charge in [0.2, 0.25) is 0 Å². The molecule has 0 spiro atoms. The van der Waals surface area contributed by atoms with Crippen LogP contribution < -0.4 is 0 Å². The first-order valence-electron chi connectivity index (χ1n) is 5.83. The van der Waals surface area contributed by atoms with Gasteiger partial charge in [-0.1, -0.05) is 32.0 Å². The van der Waals surface area contributed by atoms with E-state index < -0.39 is 5.97 Å². The maximum atomic E-state index is 11.1. The lowest BCUT2D eigenvalue weighted by molar-refractivity contribution is -0.137. The molecule has 3 heteroatoms. The molecule has 1 aromatic rings. The molecule has 1 unspecified atom stereocenters. The molecule has 0 aromatic heterocycles. The van der Waals surface area contributed by atoms with Gasteiger partial charge in [0, 0.05) is 5.75 Å². The number of thioether (sulfide) groups is 1. The fourth-order valence-corrected chi connectivity index (χ4v) is 3.13. The van der Waals surface area contributed by atoms with Crippen molar-refractivity contribution in [3.8, 4) is 0 Å². The van der Waals surface area contributed by atoms with Crippen LogP contribution in [0.3, 0.4) is 0 Å². The van der Waals surface area contributed by atoms with Crippen LogP contribution in [-0.2, 0) is 10.5 Å². The summed E-state index contributed by atoms with van der Waals surface area (Å²) < 4.78 is 0. The molecule has 1 rings (SSSR count). The third-order valence-corrected chi connectivity index (χ3v) is 4.46. The summed E-state index contributed by atoms with van der Waals surface area (Å²) >= 11 is 1.52. The zero-order valence-electron chi connectivity index (χ0n) is 10.9. The van der Waals surface area contributed by atoms with Crippen molar-refractivity contribution in [2.24, 2.45) is 5.92 Å². The number of carboxylic acid groups (broad SMARTS) is 1. The smallest absolute Gasteiger partial charge is 0.316 e. The Morgan fingerprint density at radius 2 is 1.82 bits per heavy atom. The zero-order chi connectivity index (χ0) is 13.0. The Kier molecular flexibility index (Phi) is 5.06. The third kappa shape index (κ3) is 3.77. The molecular formula is C14H20O2S. The lowest BCUT2D eigenvalue weighted by Gasteiger charge is -2.17. The largest absolute Gasteiger partial charge is 0.480 e. The minimum absolute atomic E-state index is 0.154. The standard InChI is InChI=1S/C14H20O2S/c1-9(2)13(14(15)16)17-8-12-10(3)6-5-7-11(12)4/h5-7,9,13H,8H2,1-4H3,(H,15,16). The molecule has 0 saturated heterocycles. The highest BCUT2D eigenvalue weighted by atomic mass is 32.2. The van der Waals surface area contributed by atoms with E-state index >= 15 is 0 Å². The van der Waals surface area contributed by atoms with Gasteiger partial charge >= 0.3 is 5.97 Å². The molecule has 1 atom stereocenters. The number of carbonyl (C=O) groups is 1. The molecular weight excluding hydrogens is 232 g/mol. The fraction of sp³-hybridized carbons (Fsp3) is 0.500. The Hall–Kier alpha value is -0.960. The lowest BCUT2D eigenvalue weighted by atomic mass is 10.1. The highest BCUT2D eigenvalue weighted by Crippen LogP contribution is 2.27. The van der Waals surface area contributed by atoms with E-state index in [1.54, 1.807) is 0 Å². The maximum Gasteiger partial charge on any atom is 0.316 e. The molecule has 1 aromatic carbocycles. The molecule has 0 aliphatic heterocycles. The quantitative estimate of drug-likeness (QED) is 0.869. The topological polar surface area (TPSA) is 37.3 Å². The van der Waals surface area contributed by atoms with Crippen molar-refractivity contribution in [3.05, 3.63) is 34.9 Å². The van der Waals surface area contributed by atoms with E-state index in [0.29, 0.717) is 0 Å². The summed E-state index contributed by atoms with van der Waals surface area (Å²) in [5.74, 6) is 0.214. The maximum absolute atomic E-state index is 11.1. The molecule has 17 heavy (non-hydrogen) atoms. The molecule has 0 radical (unpaired) electrons. The van der Waals surface area contributed by atoms with Crippen molar-refractivity contribution >= 4 is 17.7 Å². The zero-order valence-corrected chi connectivity index (χ0v) is 11.7. The normalized spacial score (nSPS) is 12.8. The van der Waals surface area contributed by atoms with Gasteiger partial charge in [-0.15, -0.1) is 11.8 Å². The first kappa shape index (κ1) is 14.1. The van der Waals surface area contributed by atoms with Gasteiger partial charge in [-0.3, -0.25) is 4.79 Å². The molecule has 0 aliphatic carbocycles. The fourth-order valence-electron chi connectivity index (χ4n) is 1.80. The highest BCUT2D eigenvalue weighted by molar-refractivity contribution is 7.99. The highest BCUT2D eigenvalue weighted by Gasteiger charge is 2.22. The first-order valence-corrected chi connectivity index (χ1v) is 6.88. The second-order valence-corrected chi connectivity index (χ2v) is 5.81. The lowest BCUT2D eigenvalue weighted by Crippen LogP contribution is -2.22. The second kappa shape index (κ2) is 6.10. The summed E-state index contributed by atoms with van der Waals surface area (Å²) in [7, 11) is 0. The van der Waals surface area contributed by atoms with Gasteiger partial charge in [-0.25, -0.2) is 0 Å². The van der Waals surface area contributed by atoms with Crippen LogP contribution in [0.5, 0.6) is 0 Å². The van der Waals surface area contributed by atoms with Gasteiger partial charge in [0.25, 0.3) is 0 Å². The summed E-state index contributed by atoms with van der Waals surface area (Å²) in [6.07, 6.45) is 0. The predicted molar refractivity (Wildman–Crippen MR) is 73.5 cm³/mol. The third-order valence-electron chi connectivity index (χ3n) is 2.90. The minimum atomic E-state index is -0.712. The second-order valence-electron chi connectivity index (χ2n) is 4.68. The van der Waals surface area contributed by atoms with E-state index in [2.05, 4.69) is 26.0 Å². The monoisotopic (exact) mass is 252 g/mol. The van der Waals surface area contributed by atoms with E-state index in [9.17, 15) is 4.79 Å². The number of hydrogen-bond donors (Lipinski definition) is 1. The van der Waals surface area contributed by atoms with Crippen LogP contribution in [0.1, 0.15) is 30.5 Å². The number of benzene rings is 1. The van der Waals surface area contributed by atoms with E-state index in [0.717, 1.165) is 5.75 Å². The van der Waals surface area contributed by atoms with Gasteiger partial charge in [0.1, 0.15) is 5.25 Å². The minimum Gasteiger partial charge on any atom is -0.480 e. The molecule has 0 aliphatic rings. The molecule has 0 bridgehead atoms. The van der Waals surface area contributed by atoms with Crippen molar-refractivity contribution in [2.45, 2.75) is 38.7 Å². The number of hydrogen-bond acceptors (Lipinski definition) is 2. The molecule has 1 N–H and O–H groups in total. The van der Waals surface area contributed by atoms with Gasteiger partial charge in [0.05, 0.1) is 0 Å². The Labute approximate surface area is 107 Å². The van der Waals surface area contributed by atoms with E-state index in [1.807, 2.05) is 19.9 Å². The predicted octanol–water partition coefficient (Wildman–Crippen LogP) is 3.65. The van der Waals surface area contributed by atoms with Crippen LogP contribution >= 0.6 is 11.8 Å². The van der Waals surface area contributed by atoms with Crippen LogP contribution in [0.2, 0.25) is 0 Å². The summed E-state index contributed by atoms with van der Waals surface area (Å²) in [6.45, 7) is 8.06. The van der Waals surface area contributed by atoms with Gasteiger partial charge < -0.3 is 5.11 Å². The van der Waals surface area contributed by atoms with Crippen LogP contribution in [-0.4, -0.2) is 16.3 Å². The molecule has 94 valence electrons. The summed E-state index contributed by atoms with van der Waals surface area (Å²) in [4.78, 5) is 11.1. The summed E-state index contributed by atoms with van der Waals surface area (Å²) in [6, 6.07) is 6.19.